The van der Waals surface area contributed by atoms with E-state index in [0.717, 1.165) is 12.8 Å². The van der Waals surface area contributed by atoms with Gasteiger partial charge in [-0.3, -0.25) is 0 Å². The molecule has 0 radical (unpaired) electrons. The molecule has 1 aromatic heterocycles. The van der Waals surface area contributed by atoms with Crippen LogP contribution in [0.2, 0.25) is 0 Å². The molecule has 0 spiro atoms. The molecule has 0 aliphatic heterocycles. The summed E-state index contributed by atoms with van der Waals surface area (Å²) in [5.74, 6) is 0.403. The molecule has 0 amide bonds. The third-order valence-corrected chi connectivity index (χ3v) is 3.19. The average Bonchev–Trinajstić information content (AvgIpc) is 3.06. The van der Waals surface area contributed by atoms with Gasteiger partial charge in [-0.15, -0.1) is 10.2 Å². The Morgan fingerprint density at radius 3 is 2.59 bits per heavy atom. The van der Waals surface area contributed by atoms with Gasteiger partial charge in [0.05, 0.1) is 17.9 Å². The van der Waals surface area contributed by atoms with Gasteiger partial charge in [0, 0.05) is 6.20 Å². The lowest BCUT2D eigenvalue weighted by Crippen LogP contribution is -2.06. The van der Waals surface area contributed by atoms with E-state index in [-0.39, 0.29) is 5.97 Å². The minimum atomic E-state index is -0.288. The second-order valence-corrected chi connectivity index (χ2v) is 5.00. The number of benzene rings is 1. The molecule has 5 heteroatoms. The molecule has 0 aliphatic carbocycles. The number of aromatic nitrogens is 1. The summed E-state index contributed by atoms with van der Waals surface area (Å²) in [6.45, 7) is 2.63. The van der Waals surface area contributed by atoms with Gasteiger partial charge in [0.15, 0.2) is 5.82 Å². The standard InChI is InChI=1S/C17H21N3O2/c1-2-3-4-5-13-22-17(21)14-8-10-15(11-9-14)19-20-16-7-6-12-18-16/h6-12,18H,2-5,13H2,1H3. The number of esters is 1. The number of hydrogen-bond acceptors (Lipinski definition) is 4. The van der Waals surface area contributed by atoms with Crippen molar-refractivity contribution in [3.63, 3.8) is 0 Å². The highest BCUT2D eigenvalue weighted by atomic mass is 16.5. The van der Waals surface area contributed by atoms with Gasteiger partial charge in [-0.1, -0.05) is 26.2 Å². The minimum Gasteiger partial charge on any atom is -0.462 e. The lowest BCUT2D eigenvalue weighted by atomic mass is 10.2. The van der Waals surface area contributed by atoms with E-state index >= 15 is 0 Å². The average molecular weight is 299 g/mol. The summed E-state index contributed by atoms with van der Waals surface area (Å²) in [5, 5.41) is 8.13. The van der Waals surface area contributed by atoms with E-state index in [0.29, 0.717) is 23.7 Å². The number of nitrogens with zero attached hydrogens (tertiary/aromatic N) is 2. The first kappa shape index (κ1) is 15.9. The second kappa shape index (κ2) is 8.77. The SMILES string of the molecule is CCCCCCOC(=O)c1ccc(N=Nc2ccc[nH]2)cc1. The highest BCUT2D eigenvalue weighted by Crippen LogP contribution is 2.17. The maximum Gasteiger partial charge on any atom is 0.338 e. The predicted octanol–water partition coefficient (Wildman–Crippen LogP) is 5.17. The first-order chi connectivity index (χ1) is 10.8. The Balaban J connectivity index is 1.82. The molecule has 0 saturated heterocycles. The Bertz CT molecular complexity index is 589. The van der Waals surface area contributed by atoms with E-state index in [1.54, 1.807) is 30.5 Å². The van der Waals surface area contributed by atoms with Gasteiger partial charge in [-0.05, 0) is 42.8 Å². The van der Waals surface area contributed by atoms with Gasteiger partial charge in [0.1, 0.15) is 0 Å². The van der Waals surface area contributed by atoms with Crippen LogP contribution in [0, 0.1) is 0 Å². The van der Waals surface area contributed by atoms with Crippen molar-refractivity contribution in [3.8, 4) is 0 Å². The van der Waals surface area contributed by atoms with Crippen molar-refractivity contribution >= 4 is 17.5 Å². The summed E-state index contributed by atoms with van der Waals surface area (Å²) in [7, 11) is 0. The topological polar surface area (TPSA) is 66.8 Å². The molecule has 1 heterocycles. The highest BCUT2D eigenvalue weighted by Gasteiger charge is 2.06. The number of ether oxygens (including phenoxy) is 1. The summed E-state index contributed by atoms with van der Waals surface area (Å²) in [4.78, 5) is 14.8. The Kier molecular flexibility index (Phi) is 6.36. The molecular weight excluding hydrogens is 278 g/mol. The van der Waals surface area contributed by atoms with Crippen LogP contribution in [0.3, 0.4) is 0 Å². The van der Waals surface area contributed by atoms with Crippen molar-refractivity contribution in [3.05, 3.63) is 48.2 Å². The van der Waals surface area contributed by atoms with Crippen LogP contribution in [-0.2, 0) is 4.74 Å². The van der Waals surface area contributed by atoms with E-state index in [1.807, 2.05) is 12.1 Å². The summed E-state index contributed by atoms with van der Waals surface area (Å²) < 4.78 is 5.24. The molecule has 0 bridgehead atoms. The van der Waals surface area contributed by atoms with Crippen LogP contribution in [0.5, 0.6) is 0 Å². The third-order valence-electron chi connectivity index (χ3n) is 3.19. The summed E-state index contributed by atoms with van der Waals surface area (Å²) >= 11 is 0. The van der Waals surface area contributed by atoms with Gasteiger partial charge in [-0.25, -0.2) is 4.79 Å². The Morgan fingerprint density at radius 2 is 1.91 bits per heavy atom. The summed E-state index contributed by atoms with van der Waals surface area (Å²) in [6, 6.07) is 10.6. The van der Waals surface area contributed by atoms with Crippen LogP contribution in [-0.4, -0.2) is 17.6 Å². The third kappa shape index (κ3) is 5.16. The van der Waals surface area contributed by atoms with Crippen LogP contribution in [0.1, 0.15) is 43.0 Å². The Hall–Kier alpha value is -2.43. The van der Waals surface area contributed by atoms with Gasteiger partial charge >= 0.3 is 5.97 Å². The van der Waals surface area contributed by atoms with Crippen molar-refractivity contribution in [1.82, 2.24) is 4.98 Å². The number of rotatable bonds is 8. The fraction of sp³-hybridized carbons (Fsp3) is 0.353. The normalized spacial score (nSPS) is 11.0. The van der Waals surface area contributed by atoms with Crippen LogP contribution < -0.4 is 0 Å². The van der Waals surface area contributed by atoms with Crippen LogP contribution in [0.15, 0.2) is 52.8 Å². The highest BCUT2D eigenvalue weighted by molar-refractivity contribution is 5.89. The quantitative estimate of drug-likeness (QED) is 0.415. The zero-order valence-corrected chi connectivity index (χ0v) is 12.8. The van der Waals surface area contributed by atoms with E-state index in [9.17, 15) is 4.79 Å². The molecule has 0 saturated carbocycles. The van der Waals surface area contributed by atoms with Gasteiger partial charge in [-0.2, -0.15) is 0 Å². The van der Waals surface area contributed by atoms with Crippen LogP contribution in [0.4, 0.5) is 11.5 Å². The maximum atomic E-state index is 11.9. The van der Waals surface area contributed by atoms with Crippen molar-refractivity contribution in [2.45, 2.75) is 32.6 Å². The molecule has 5 nitrogen and oxygen atoms in total. The number of azo groups is 1. The molecule has 0 fully saturated rings. The van der Waals surface area contributed by atoms with Crippen molar-refractivity contribution in [2.75, 3.05) is 6.61 Å². The molecule has 2 rings (SSSR count). The molecule has 0 atom stereocenters. The number of aromatic amines is 1. The molecule has 1 aromatic carbocycles. The van der Waals surface area contributed by atoms with E-state index in [2.05, 4.69) is 22.1 Å². The summed E-state index contributed by atoms with van der Waals surface area (Å²) in [5.41, 5.74) is 1.23. The largest absolute Gasteiger partial charge is 0.462 e. The molecular formula is C17H21N3O2. The summed E-state index contributed by atoms with van der Waals surface area (Å²) in [6.07, 6.45) is 6.16. The predicted molar refractivity (Wildman–Crippen MR) is 85.8 cm³/mol. The van der Waals surface area contributed by atoms with Crippen LogP contribution >= 0.6 is 0 Å². The first-order valence-electron chi connectivity index (χ1n) is 7.62. The maximum absolute atomic E-state index is 11.9. The molecule has 116 valence electrons. The Morgan fingerprint density at radius 1 is 1.09 bits per heavy atom. The molecule has 0 unspecified atom stereocenters. The number of H-pyrrole nitrogens is 1. The van der Waals surface area contributed by atoms with E-state index < -0.39 is 0 Å². The monoisotopic (exact) mass is 299 g/mol. The lowest BCUT2D eigenvalue weighted by Gasteiger charge is -2.04. The van der Waals surface area contributed by atoms with Gasteiger partial charge in [0.2, 0.25) is 0 Å². The van der Waals surface area contributed by atoms with Gasteiger partial charge < -0.3 is 9.72 Å². The number of unbranched alkanes of at least 4 members (excludes halogenated alkanes) is 3. The first-order valence-corrected chi connectivity index (χ1v) is 7.62. The number of nitrogens with one attached hydrogen (secondary N) is 1. The number of carbonyl (C=O) groups is 1. The second-order valence-electron chi connectivity index (χ2n) is 5.00. The number of hydrogen-bond donors (Lipinski definition) is 1. The fourth-order valence-electron chi connectivity index (χ4n) is 1.94. The Labute approximate surface area is 130 Å². The smallest absolute Gasteiger partial charge is 0.338 e. The zero-order chi connectivity index (χ0) is 15.6. The molecule has 1 N–H and O–H groups in total. The number of carbonyl (C=O) groups excluding carboxylic acids is 1. The van der Waals surface area contributed by atoms with Crippen molar-refractivity contribution in [1.29, 1.82) is 0 Å². The van der Waals surface area contributed by atoms with E-state index in [1.165, 1.54) is 12.8 Å². The lowest BCUT2D eigenvalue weighted by molar-refractivity contribution is 0.0498. The van der Waals surface area contributed by atoms with Gasteiger partial charge in [0.25, 0.3) is 0 Å². The minimum absolute atomic E-state index is 0.288. The van der Waals surface area contributed by atoms with Crippen molar-refractivity contribution < 1.29 is 9.53 Å². The zero-order valence-electron chi connectivity index (χ0n) is 12.8. The molecule has 22 heavy (non-hydrogen) atoms. The van der Waals surface area contributed by atoms with Crippen LogP contribution in [0.25, 0.3) is 0 Å². The molecule has 2 aromatic rings. The van der Waals surface area contributed by atoms with Crippen molar-refractivity contribution in [2.24, 2.45) is 10.2 Å². The fourth-order valence-corrected chi connectivity index (χ4v) is 1.94. The molecule has 0 aliphatic rings. The van der Waals surface area contributed by atoms with E-state index in [4.69, 9.17) is 4.74 Å².